The second-order valence-electron chi connectivity index (χ2n) is 4.75. The topological polar surface area (TPSA) is 82.2 Å². The van der Waals surface area contributed by atoms with Gasteiger partial charge >= 0.3 is 5.97 Å². The number of aromatic amines is 1. The first-order valence-electron chi connectivity index (χ1n) is 6.20. The molecule has 1 aromatic carbocycles. The van der Waals surface area contributed by atoms with E-state index in [1.165, 1.54) is 0 Å². The zero-order chi connectivity index (χ0) is 14.9. The van der Waals surface area contributed by atoms with E-state index in [0.717, 1.165) is 5.56 Å². The normalized spacial score (nSPS) is 10.3. The van der Waals surface area contributed by atoms with Gasteiger partial charge in [-0.3, -0.25) is 4.79 Å². The van der Waals surface area contributed by atoms with Crippen molar-refractivity contribution < 1.29 is 14.7 Å². The lowest BCUT2D eigenvalue weighted by atomic mass is 10.1. The summed E-state index contributed by atoms with van der Waals surface area (Å²) in [5, 5.41) is 11.8. The molecule has 104 valence electrons. The first-order valence-corrected chi connectivity index (χ1v) is 6.20. The molecule has 0 saturated heterocycles. The maximum atomic E-state index is 12.3. The molecule has 3 N–H and O–H groups in total. The molecule has 5 nitrogen and oxygen atoms in total. The predicted octanol–water partition coefficient (Wildman–Crippen LogP) is 2.89. The number of carbonyl (C=O) groups excluding carboxylic acids is 1. The Morgan fingerprint density at radius 3 is 2.20 bits per heavy atom. The van der Waals surface area contributed by atoms with Crippen molar-refractivity contribution in [3.8, 4) is 0 Å². The molecular formula is C15H16N2O3. The van der Waals surface area contributed by atoms with Crippen molar-refractivity contribution in [1.29, 1.82) is 0 Å². The van der Waals surface area contributed by atoms with Crippen LogP contribution in [0.15, 0.2) is 24.3 Å². The Morgan fingerprint density at radius 1 is 1.10 bits per heavy atom. The van der Waals surface area contributed by atoms with Crippen LogP contribution >= 0.6 is 0 Å². The fourth-order valence-electron chi connectivity index (χ4n) is 2.13. The lowest BCUT2D eigenvalue weighted by Crippen LogP contribution is -2.13. The number of benzene rings is 1. The number of rotatable bonds is 3. The third-order valence-corrected chi connectivity index (χ3v) is 3.19. The van der Waals surface area contributed by atoms with Gasteiger partial charge in [-0.15, -0.1) is 0 Å². The maximum Gasteiger partial charge on any atom is 0.352 e. The minimum absolute atomic E-state index is 0.0524. The Labute approximate surface area is 116 Å². The Hall–Kier alpha value is -2.56. The second-order valence-corrected chi connectivity index (χ2v) is 4.75. The minimum Gasteiger partial charge on any atom is -0.477 e. The monoisotopic (exact) mass is 272 g/mol. The van der Waals surface area contributed by atoms with Crippen LogP contribution in [0.1, 0.15) is 37.7 Å². The Bertz CT molecular complexity index is 669. The zero-order valence-corrected chi connectivity index (χ0v) is 11.6. The van der Waals surface area contributed by atoms with Crippen molar-refractivity contribution in [2.45, 2.75) is 20.8 Å². The third kappa shape index (κ3) is 2.56. The molecule has 1 amide bonds. The van der Waals surface area contributed by atoms with E-state index in [-0.39, 0.29) is 11.6 Å². The molecule has 2 aromatic rings. The number of anilines is 1. The number of aromatic nitrogens is 1. The largest absolute Gasteiger partial charge is 0.477 e. The highest BCUT2D eigenvalue weighted by atomic mass is 16.4. The molecule has 0 atom stereocenters. The number of nitrogens with one attached hydrogen (secondary N) is 2. The summed E-state index contributed by atoms with van der Waals surface area (Å²) in [6.07, 6.45) is 0. The first-order chi connectivity index (χ1) is 9.40. The molecule has 0 aliphatic rings. The first kappa shape index (κ1) is 13.9. The second kappa shape index (κ2) is 5.21. The van der Waals surface area contributed by atoms with E-state index >= 15 is 0 Å². The summed E-state index contributed by atoms with van der Waals surface area (Å²) in [7, 11) is 0. The van der Waals surface area contributed by atoms with E-state index < -0.39 is 5.97 Å². The van der Waals surface area contributed by atoms with Crippen LogP contribution < -0.4 is 5.32 Å². The van der Waals surface area contributed by atoms with E-state index in [1.807, 2.05) is 31.2 Å². The molecule has 0 fully saturated rings. The lowest BCUT2D eigenvalue weighted by Gasteiger charge is -2.06. The van der Waals surface area contributed by atoms with E-state index in [1.54, 1.807) is 13.8 Å². The van der Waals surface area contributed by atoms with Crippen molar-refractivity contribution in [2.75, 3.05) is 5.32 Å². The van der Waals surface area contributed by atoms with Gasteiger partial charge in [-0.1, -0.05) is 17.7 Å². The van der Waals surface area contributed by atoms with Gasteiger partial charge < -0.3 is 15.4 Å². The summed E-state index contributed by atoms with van der Waals surface area (Å²) in [5.74, 6) is -1.38. The van der Waals surface area contributed by atoms with Gasteiger partial charge in [0.1, 0.15) is 5.69 Å². The summed E-state index contributed by atoms with van der Waals surface area (Å²) in [5.41, 5.74) is 3.20. The smallest absolute Gasteiger partial charge is 0.352 e. The van der Waals surface area contributed by atoms with E-state index in [2.05, 4.69) is 10.3 Å². The lowest BCUT2D eigenvalue weighted by molar-refractivity contribution is 0.0690. The standard InChI is InChI=1S/C15H16N2O3/c1-8-4-6-11(7-5-8)17-14(18)12-9(2)13(15(19)20)16-10(12)3/h4-7,16H,1-3H3,(H,17,18)(H,19,20). The highest BCUT2D eigenvalue weighted by molar-refractivity contribution is 6.08. The van der Waals surface area contributed by atoms with Gasteiger partial charge in [0.25, 0.3) is 5.91 Å². The van der Waals surface area contributed by atoms with Gasteiger partial charge in [-0.2, -0.15) is 0 Å². The molecule has 0 spiro atoms. The van der Waals surface area contributed by atoms with Crippen molar-refractivity contribution >= 4 is 17.6 Å². The van der Waals surface area contributed by atoms with Crippen LogP contribution in [-0.4, -0.2) is 22.0 Å². The highest BCUT2D eigenvalue weighted by Gasteiger charge is 2.21. The molecule has 5 heteroatoms. The van der Waals surface area contributed by atoms with Crippen LogP contribution in [0, 0.1) is 20.8 Å². The number of hydrogen-bond donors (Lipinski definition) is 3. The summed E-state index contributed by atoms with van der Waals surface area (Å²) in [4.78, 5) is 26.0. The minimum atomic E-state index is -1.07. The maximum absolute atomic E-state index is 12.3. The van der Waals surface area contributed by atoms with Gasteiger partial charge in [-0.25, -0.2) is 4.79 Å². The van der Waals surface area contributed by atoms with Crippen LogP contribution in [0.25, 0.3) is 0 Å². The van der Waals surface area contributed by atoms with Gasteiger partial charge in [-0.05, 0) is 38.5 Å². The molecule has 0 radical (unpaired) electrons. The van der Waals surface area contributed by atoms with E-state index in [9.17, 15) is 9.59 Å². The zero-order valence-electron chi connectivity index (χ0n) is 11.6. The van der Waals surface area contributed by atoms with Crippen LogP contribution in [0.2, 0.25) is 0 Å². The van der Waals surface area contributed by atoms with Crippen LogP contribution in [0.4, 0.5) is 5.69 Å². The van der Waals surface area contributed by atoms with Crippen molar-refractivity contribution in [2.24, 2.45) is 0 Å². The highest BCUT2D eigenvalue weighted by Crippen LogP contribution is 2.20. The third-order valence-electron chi connectivity index (χ3n) is 3.19. The van der Waals surface area contributed by atoms with Crippen LogP contribution in [0.5, 0.6) is 0 Å². The van der Waals surface area contributed by atoms with E-state index in [4.69, 9.17) is 5.11 Å². The average molecular weight is 272 g/mol. The number of carboxylic acid groups (broad SMARTS) is 1. The van der Waals surface area contributed by atoms with Crippen LogP contribution in [-0.2, 0) is 0 Å². The summed E-state index contributed by atoms with van der Waals surface area (Å²) >= 11 is 0. The van der Waals surface area contributed by atoms with Gasteiger partial charge in [0.2, 0.25) is 0 Å². The van der Waals surface area contributed by atoms with Gasteiger partial charge in [0, 0.05) is 11.4 Å². The molecule has 0 unspecified atom stereocenters. The summed E-state index contributed by atoms with van der Waals surface area (Å²) in [6.45, 7) is 5.27. The van der Waals surface area contributed by atoms with Gasteiger partial charge in [0.15, 0.2) is 0 Å². The average Bonchev–Trinajstić information content (AvgIpc) is 2.68. The fraction of sp³-hybridized carbons (Fsp3) is 0.200. The molecule has 0 aliphatic heterocycles. The molecule has 0 bridgehead atoms. The number of carbonyl (C=O) groups is 2. The number of aryl methyl sites for hydroxylation is 2. The predicted molar refractivity (Wildman–Crippen MR) is 76.4 cm³/mol. The van der Waals surface area contributed by atoms with Crippen molar-refractivity contribution in [3.05, 3.63) is 52.3 Å². The summed E-state index contributed by atoms with van der Waals surface area (Å²) in [6, 6.07) is 7.41. The number of aromatic carboxylic acids is 1. The molecule has 1 heterocycles. The van der Waals surface area contributed by atoms with E-state index in [0.29, 0.717) is 22.5 Å². The molecular weight excluding hydrogens is 256 g/mol. The summed E-state index contributed by atoms with van der Waals surface area (Å²) < 4.78 is 0. The van der Waals surface area contributed by atoms with Crippen molar-refractivity contribution in [1.82, 2.24) is 4.98 Å². The number of hydrogen-bond acceptors (Lipinski definition) is 2. The quantitative estimate of drug-likeness (QED) is 0.803. The van der Waals surface area contributed by atoms with Crippen molar-refractivity contribution in [3.63, 3.8) is 0 Å². The Balaban J connectivity index is 2.30. The molecule has 2 rings (SSSR count). The Morgan fingerprint density at radius 2 is 1.70 bits per heavy atom. The van der Waals surface area contributed by atoms with Gasteiger partial charge in [0.05, 0.1) is 5.56 Å². The van der Waals surface area contributed by atoms with Crippen LogP contribution in [0.3, 0.4) is 0 Å². The molecule has 20 heavy (non-hydrogen) atoms. The SMILES string of the molecule is Cc1ccc(NC(=O)c2c(C)[nH]c(C(=O)O)c2C)cc1. The number of carboxylic acids is 1. The fourth-order valence-corrected chi connectivity index (χ4v) is 2.13. The molecule has 1 aromatic heterocycles. The number of H-pyrrole nitrogens is 1. The molecule has 0 saturated carbocycles. The molecule has 0 aliphatic carbocycles. The Kier molecular flexibility index (Phi) is 3.61. The number of amides is 1.